The van der Waals surface area contributed by atoms with E-state index in [-0.39, 0.29) is 5.91 Å². The summed E-state index contributed by atoms with van der Waals surface area (Å²) in [7, 11) is 0. The number of nitrogens with two attached hydrogens (primary N) is 2. The summed E-state index contributed by atoms with van der Waals surface area (Å²) >= 11 is 0. The third kappa shape index (κ3) is 4.10. The lowest BCUT2D eigenvalue weighted by atomic mass is 9.57. The summed E-state index contributed by atoms with van der Waals surface area (Å²) in [5, 5.41) is 3.19. The molecule has 1 aliphatic heterocycles. The zero-order valence-corrected chi connectivity index (χ0v) is 19.4. The lowest BCUT2D eigenvalue weighted by molar-refractivity contribution is -0.127. The number of primary amides is 1. The van der Waals surface area contributed by atoms with Crippen LogP contribution in [-0.2, 0) is 15.0 Å². The number of ether oxygens (including phenoxy) is 1. The van der Waals surface area contributed by atoms with Gasteiger partial charge in [0.15, 0.2) is 0 Å². The zero-order valence-electron chi connectivity index (χ0n) is 19.4. The normalized spacial score (nSPS) is 21.7. The Kier molecular flexibility index (Phi) is 6.91. The standard InChI is InChI=1S/C25H34N4O3/c1-17(30)29-21-8-6-5-7-20(21)25(4,22(23(27)31)24(29,2)3)18-9-11-19(12-10-18)32-16-15-28-14-13-26/h5-12,22,28H,13-16,26H2,1-4H3,(H2,27,31). The number of carbonyl (C=O) groups is 2. The van der Waals surface area contributed by atoms with Crippen molar-refractivity contribution in [3.8, 4) is 5.75 Å². The number of para-hydroxylation sites is 1. The molecule has 0 aliphatic carbocycles. The molecule has 2 aromatic rings. The highest BCUT2D eigenvalue weighted by Crippen LogP contribution is 2.54. The van der Waals surface area contributed by atoms with Gasteiger partial charge in [0.25, 0.3) is 0 Å². The number of carbonyl (C=O) groups excluding carboxylic acids is 2. The van der Waals surface area contributed by atoms with E-state index in [1.165, 1.54) is 6.92 Å². The van der Waals surface area contributed by atoms with Crippen molar-refractivity contribution in [3.63, 3.8) is 0 Å². The van der Waals surface area contributed by atoms with Gasteiger partial charge in [0.05, 0.1) is 11.5 Å². The maximum absolute atomic E-state index is 12.9. The third-order valence-corrected chi connectivity index (χ3v) is 6.49. The number of nitrogens with one attached hydrogen (secondary N) is 1. The Hall–Kier alpha value is -2.90. The molecule has 0 aromatic heterocycles. The van der Waals surface area contributed by atoms with Crippen LogP contribution in [-0.4, -0.2) is 43.6 Å². The summed E-state index contributed by atoms with van der Waals surface area (Å²) in [5.41, 5.74) is 12.6. The number of hydrogen-bond acceptors (Lipinski definition) is 5. The molecule has 3 rings (SSSR count). The van der Waals surface area contributed by atoms with Gasteiger partial charge in [-0.15, -0.1) is 0 Å². The van der Waals surface area contributed by atoms with Gasteiger partial charge in [-0.1, -0.05) is 37.3 Å². The molecule has 5 N–H and O–H groups in total. The number of hydrogen-bond donors (Lipinski definition) is 3. The molecule has 172 valence electrons. The molecule has 2 aromatic carbocycles. The van der Waals surface area contributed by atoms with E-state index in [4.69, 9.17) is 16.2 Å². The highest BCUT2D eigenvalue weighted by Gasteiger charge is 2.57. The fourth-order valence-corrected chi connectivity index (χ4v) is 5.31. The van der Waals surface area contributed by atoms with Gasteiger partial charge in [-0.25, -0.2) is 0 Å². The first-order valence-corrected chi connectivity index (χ1v) is 11.0. The maximum Gasteiger partial charge on any atom is 0.224 e. The summed E-state index contributed by atoms with van der Waals surface area (Å²) in [6.07, 6.45) is 0. The predicted octanol–water partition coefficient (Wildman–Crippen LogP) is 2.17. The van der Waals surface area contributed by atoms with Gasteiger partial charge in [-0.2, -0.15) is 0 Å². The van der Waals surface area contributed by atoms with Crippen molar-refractivity contribution >= 4 is 17.5 Å². The van der Waals surface area contributed by atoms with E-state index in [1.807, 2.05) is 69.3 Å². The smallest absolute Gasteiger partial charge is 0.224 e. The summed E-state index contributed by atoms with van der Waals surface area (Å²) in [6, 6.07) is 15.5. The highest BCUT2D eigenvalue weighted by atomic mass is 16.5. The lowest BCUT2D eigenvalue weighted by Crippen LogP contribution is -2.65. The Morgan fingerprint density at radius 2 is 1.72 bits per heavy atom. The van der Waals surface area contributed by atoms with E-state index in [0.29, 0.717) is 19.7 Å². The molecule has 7 heteroatoms. The van der Waals surface area contributed by atoms with Crippen molar-refractivity contribution < 1.29 is 14.3 Å². The molecule has 0 saturated carbocycles. The first-order chi connectivity index (χ1) is 15.2. The fourth-order valence-electron chi connectivity index (χ4n) is 5.31. The SMILES string of the molecule is CC(=O)N1c2ccccc2C(C)(c2ccc(OCCNCCN)cc2)C(C(N)=O)C1(C)C. The first kappa shape index (κ1) is 23.8. The number of rotatable bonds is 8. The molecule has 2 amide bonds. The summed E-state index contributed by atoms with van der Waals surface area (Å²) in [4.78, 5) is 27.2. The van der Waals surface area contributed by atoms with E-state index in [2.05, 4.69) is 5.32 Å². The number of benzene rings is 2. The Labute approximate surface area is 190 Å². The van der Waals surface area contributed by atoms with Crippen LogP contribution < -0.4 is 26.4 Å². The summed E-state index contributed by atoms with van der Waals surface area (Å²) in [6.45, 7) is 9.95. The molecule has 0 spiro atoms. The highest BCUT2D eigenvalue weighted by molar-refractivity contribution is 5.98. The average Bonchev–Trinajstić information content (AvgIpc) is 2.73. The van der Waals surface area contributed by atoms with Gasteiger partial charge in [0, 0.05) is 37.7 Å². The maximum atomic E-state index is 12.9. The fraction of sp³-hybridized carbons (Fsp3) is 0.440. The van der Waals surface area contributed by atoms with Crippen LogP contribution in [0.3, 0.4) is 0 Å². The molecule has 1 heterocycles. The largest absolute Gasteiger partial charge is 0.492 e. The van der Waals surface area contributed by atoms with Crippen molar-refractivity contribution in [1.29, 1.82) is 0 Å². The minimum absolute atomic E-state index is 0.122. The Bertz CT molecular complexity index is 973. The Balaban J connectivity index is 2.04. The monoisotopic (exact) mass is 438 g/mol. The van der Waals surface area contributed by atoms with Crippen molar-refractivity contribution in [3.05, 3.63) is 59.7 Å². The van der Waals surface area contributed by atoms with Gasteiger partial charge in [0.2, 0.25) is 11.8 Å². The number of nitrogens with zero attached hydrogens (tertiary/aromatic N) is 1. The second-order valence-electron chi connectivity index (χ2n) is 8.97. The van der Waals surface area contributed by atoms with Crippen molar-refractivity contribution in [2.75, 3.05) is 31.1 Å². The van der Waals surface area contributed by atoms with Crippen molar-refractivity contribution in [2.24, 2.45) is 17.4 Å². The minimum atomic E-state index is -0.815. The van der Waals surface area contributed by atoms with E-state index in [1.54, 1.807) is 4.90 Å². The molecule has 1 aliphatic rings. The molecule has 2 atom stereocenters. The minimum Gasteiger partial charge on any atom is -0.492 e. The molecule has 7 nitrogen and oxygen atoms in total. The van der Waals surface area contributed by atoms with Gasteiger partial charge in [0.1, 0.15) is 12.4 Å². The van der Waals surface area contributed by atoms with Crippen LogP contribution in [0, 0.1) is 5.92 Å². The molecule has 0 radical (unpaired) electrons. The third-order valence-electron chi connectivity index (χ3n) is 6.49. The van der Waals surface area contributed by atoms with Crippen LogP contribution in [0.5, 0.6) is 5.75 Å². The molecule has 0 fully saturated rings. The van der Waals surface area contributed by atoms with Crippen LogP contribution >= 0.6 is 0 Å². The van der Waals surface area contributed by atoms with Crippen molar-refractivity contribution in [1.82, 2.24) is 5.32 Å². The van der Waals surface area contributed by atoms with Crippen LogP contribution in [0.25, 0.3) is 0 Å². The quantitative estimate of drug-likeness (QED) is 0.547. The van der Waals surface area contributed by atoms with Crippen molar-refractivity contribution in [2.45, 2.75) is 38.6 Å². The second-order valence-corrected chi connectivity index (χ2v) is 8.97. The second kappa shape index (κ2) is 9.30. The van der Waals surface area contributed by atoms with E-state index >= 15 is 0 Å². The van der Waals surface area contributed by atoms with Gasteiger partial charge < -0.3 is 26.4 Å². The molecule has 0 bridgehead atoms. The average molecular weight is 439 g/mol. The predicted molar refractivity (Wildman–Crippen MR) is 127 cm³/mol. The lowest BCUT2D eigenvalue weighted by Gasteiger charge is -2.55. The topological polar surface area (TPSA) is 111 Å². The first-order valence-electron chi connectivity index (χ1n) is 11.0. The van der Waals surface area contributed by atoms with E-state index < -0.39 is 22.8 Å². The molecular weight excluding hydrogens is 404 g/mol. The molecule has 2 unspecified atom stereocenters. The molecule has 32 heavy (non-hydrogen) atoms. The van der Waals surface area contributed by atoms with E-state index in [9.17, 15) is 9.59 Å². The molecular formula is C25H34N4O3. The van der Waals surface area contributed by atoms with Crippen LogP contribution in [0.1, 0.15) is 38.8 Å². The summed E-state index contributed by atoms with van der Waals surface area (Å²) in [5.74, 6) is -0.454. The van der Waals surface area contributed by atoms with Crippen LogP contribution in [0.2, 0.25) is 0 Å². The summed E-state index contributed by atoms with van der Waals surface area (Å²) < 4.78 is 5.81. The van der Waals surface area contributed by atoms with Crippen LogP contribution in [0.15, 0.2) is 48.5 Å². The molecule has 0 saturated heterocycles. The number of anilines is 1. The van der Waals surface area contributed by atoms with E-state index in [0.717, 1.165) is 29.1 Å². The Morgan fingerprint density at radius 3 is 2.31 bits per heavy atom. The Morgan fingerprint density at radius 1 is 1.06 bits per heavy atom. The van der Waals surface area contributed by atoms with Gasteiger partial charge in [-0.3, -0.25) is 9.59 Å². The van der Waals surface area contributed by atoms with Gasteiger partial charge >= 0.3 is 0 Å². The zero-order chi connectivity index (χ0) is 23.5. The van der Waals surface area contributed by atoms with Crippen LogP contribution in [0.4, 0.5) is 5.69 Å². The number of amides is 2. The van der Waals surface area contributed by atoms with Gasteiger partial charge in [-0.05, 0) is 43.2 Å². The number of fused-ring (bicyclic) bond motifs is 1.